The van der Waals surface area contributed by atoms with Gasteiger partial charge in [0, 0.05) is 12.2 Å². The summed E-state index contributed by atoms with van der Waals surface area (Å²) in [7, 11) is 0. The summed E-state index contributed by atoms with van der Waals surface area (Å²) in [6.45, 7) is 3.45. The van der Waals surface area contributed by atoms with E-state index in [9.17, 15) is 23.4 Å². The van der Waals surface area contributed by atoms with Crippen molar-refractivity contribution >= 4 is 5.82 Å². The van der Waals surface area contributed by atoms with Crippen LogP contribution in [-0.4, -0.2) is 37.0 Å². The second-order valence-corrected chi connectivity index (χ2v) is 6.60. The highest BCUT2D eigenvalue weighted by Crippen LogP contribution is 2.36. The van der Waals surface area contributed by atoms with Crippen LogP contribution in [0.4, 0.5) is 19.0 Å². The summed E-state index contributed by atoms with van der Waals surface area (Å²) in [6, 6.07) is 2.38. The van der Waals surface area contributed by atoms with Gasteiger partial charge in [-0.15, -0.1) is 10.2 Å². The molecule has 0 atom stereocenters. The lowest BCUT2D eigenvalue weighted by atomic mass is 9.77. The number of hydrogen-bond acceptors (Lipinski definition) is 6. The molecule has 1 saturated carbocycles. The number of alkyl halides is 3. The number of hydrogen-bond donors (Lipinski definition) is 3. The fourth-order valence-corrected chi connectivity index (χ4v) is 2.89. The van der Waals surface area contributed by atoms with E-state index in [0.29, 0.717) is 36.5 Å². The first-order valence-corrected chi connectivity index (χ1v) is 7.65. The molecule has 0 spiro atoms. The molecule has 0 saturated heterocycles. The molecule has 2 heterocycles. The number of nitrogens with one attached hydrogen (secondary N) is 1. The molecule has 0 amide bonds. The fraction of sp³-hybridized carbons (Fsp3) is 0.438. The topological polar surface area (TPSA) is 91.2 Å². The summed E-state index contributed by atoms with van der Waals surface area (Å²) < 4.78 is 37.9. The van der Waals surface area contributed by atoms with Crippen molar-refractivity contribution in [2.24, 2.45) is 0 Å². The Bertz CT molecular complexity index is 800. The van der Waals surface area contributed by atoms with Crippen molar-refractivity contribution in [2.45, 2.75) is 44.5 Å². The highest BCUT2D eigenvalue weighted by Gasteiger charge is 2.38. The Labute approximate surface area is 141 Å². The second-order valence-electron chi connectivity index (χ2n) is 6.60. The molecule has 9 heteroatoms. The van der Waals surface area contributed by atoms with E-state index >= 15 is 0 Å². The van der Waals surface area contributed by atoms with Gasteiger partial charge in [-0.1, -0.05) is 0 Å². The van der Waals surface area contributed by atoms with Crippen molar-refractivity contribution in [3.05, 3.63) is 29.5 Å². The molecule has 0 aromatic carbocycles. The van der Waals surface area contributed by atoms with E-state index in [1.165, 1.54) is 0 Å². The molecule has 0 aliphatic heterocycles. The second kappa shape index (κ2) is 5.83. The van der Waals surface area contributed by atoms with Gasteiger partial charge in [-0.05, 0) is 44.4 Å². The first kappa shape index (κ1) is 17.4. The lowest BCUT2D eigenvalue weighted by Crippen LogP contribution is -2.48. The van der Waals surface area contributed by atoms with E-state index in [1.807, 2.05) is 0 Å². The zero-order valence-electron chi connectivity index (χ0n) is 13.6. The SMILES string of the molecule is Cc1cc(N[C@H]2C[C@@](C)(O)C2)nnc1-c1ncc(C(F)(F)F)cc1O. The minimum atomic E-state index is -4.58. The summed E-state index contributed by atoms with van der Waals surface area (Å²) in [4.78, 5) is 3.69. The van der Waals surface area contributed by atoms with E-state index in [2.05, 4.69) is 20.5 Å². The monoisotopic (exact) mass is 354 g/mol. The van der Waals surface area contributed by atoms with Crippen molar-refractivity contribution in [2.75, 3.05) is 5.32 Å². The Hall–Kier alpha value is -2.42. The third-order valence-corrected chi connectivity index (χ3v) is 4.13. The molecule has 0 radical (unpaired) electrons. The number of aryl methyl sites for hydroxylation is 1. The van der Waals surface area contributed by atoms with E-state index < -0.39 is 23.1 Å². The van der Waals surface area contributed by atoms with Crippen molar-refractivity contribution in [1.82, 2.24) is 15.2 Å². The van der Waals surface area contributed by atoms with Crippen LogP contribution >= 0.6 is 0 Å². The van der Waals surface area contributed by atoms with Gasteiger partial charge in [-0.3, -0.25) is 0 Å². The molecule has 2 aromatic rings. The quantitative estimate of drug-likeness (QED) is 0.785. The third kappa shape index (κ3) is 3.65. The molecule has 1 aliphatic carbocycles. The number of nitrogens with zero attached hydrogens (tertiary/aromatic N) is 3. The predicted octanol–water partition coefficient (Wildman–Crippen LogP) is 2.90. The van der Waals surface area contributed by atoms with Crippen molar-refractivity contribution in [3.8, 4) is 17.1 Å². The zero-order chi connectivity index (χ0) is 18.4. The number of aromatic nitrogens is 3. The van der Waals surface area contributed by atoms with Gasteiger partial charge in [0.05, 0.1) is 11.2 Å². The number of anilines is 1. The van der Waals surface area contributed by atoms with E-state index in [1.54, 1.807) is 19.9 Å². The zero-order valence-corrected chi connectivity index (χ0v) is 13.6. The van der Waals surface area contributed by atoms with E-state index in [4.69, 9.17) is 0 Å². The van der Waals surface area contributed by atoms with Gasteiger partial charge in [0.15, 0.2) is 0 Å². The van der Waals surface area contributed by atoms with Gasteiger partial charge >= 0.3 is 6.18 Å². The first-order valence-electron chi connectivity index (χ1n) is 7.65. The van der Waals surface area contributed by atoms with Crippen LogP contribution in [0.3, 0.4) is 0 Å². The molecule has 3 N–H and O–H groups in total. The maximum atomic E-state index is 12.6. The van der Waals surface area contributed by atoms with Gasteiger partial charge in [0.1, 0.15) is 23.0 Å². The minimum Gasteiger partial charge on any atom is -0.506 e. The molecule has 2 aromatic heterocycles. The van der Waals surface area contributed by atoms with E-state index in [-0.39, 0.29) is 17.4 Å². The fourth-order valence-electron chi connectivity index (χ4n) is 2.89. The summed E-state index contributed by atoms with van der Waals surface area (Å²) in [5, 5.41) is 30.7. The molecular weight excluding hydrogens is 337 g/mol. The molecule has 1 aliphatic rings. The van der Waals surface area contributed by atoms with E-state index in [0.717, 1.165) is 0 Å². The summed E-state index contributed by atoms with van der Waals surface area (Å²) in [6.07, 6.45) is -2.74. The van der Waals surface area contributed by atoms with Gasteiger partial charge in [0.2, 0.25) is 0 Å². The average molecular weight is 354 g/mol. The largest absolute Gasteiger partial charge is 0.506 e. The average Bonchev–Trinajstić information content (AvgIpc) is 2.45. The van der Waals surface area contributed by atoms with Crippen LogP contribution in [0.25, 0.3) is 11.4 Å². The van der Waals surface area contributed by atoms with Crippen LogP contribution in [0.5, 0.6) is 5.75 Å². The maximum absolute atomic E-state index is 12.6. The maximum Gasteiger partial charge on any atom is 0.418 e. The molecule has 3 rings (SSSR count). The third-order valence-electron chi connectivity index (χ3n) is 4.13. The van der Waals surface area contributed by atoms with Crippen molar-refractivity contribution < 1.29 is 23.4 Å². The number of halogens is 3. The molecule has 134 valence electrons. The Morgan fingerprint density at radius 1 is 1.20 bits per heavy atom. The molecule has 0 unspecified atom stereocenters. The highest BCUT2D eigenvalue weighted by atomic mass is 19.4. The normalized spacial score (nSPS) is 23.2. The van der Waals surface area contributed by atoms with Gasteiger partial charge in [-0.2, -0.15) is 13.2 Å². The standard InChI is InChI=1S/C16H17F3N4O2/c1-8-3-12(21-10-5-15(2,25)6-10)22-23-13(8)14-11(24)4-9(7-20-14)16(17,18)19/h3-4,7,10,24-25H,5-6H2,1-2H3,(H,21,22)/t10-,15+. The molecule has 0 bridgehead atoms. The summed E-state index contributed by atoms with van der Waals surface area (Å²) >= 11 is 0. The van der Waals surface area contributed by atoms with Crippen LogP contribution in [0.2, 0.25) is 0 Å². The molecular formula is C16H17F3N4O2. The lowest BCUT2D eigenvalue weighted by Gasteiger charge is -2.41. The number of pyridine rings is 1. The molecule has 6 nitrogen and oxygen atoms in total. The summed E-state index contributed by atoms with van der Waals surface area (Å²) in [5.74, 6) is -0.115. The van der Waals surface area contributed by atoms with Gasteiger partial charge < -0.3 is 15.5 Å². The number of rotatable bonds is 3. The smallest absolute Gasteiger partial charge is 0.418 e. The Kier molecular flexibility index (Phi) is 4.06. The van der Waals surface area contributed by atoms with Crippen molar-refractivity contribution in [1.29, 1.82) is 0 Å². The van der Waals surface area contributed by atoms with Crippen LogP contribution < -0.4 is 5.32 Å². The van der Waals surface area contributed by atoms with Gasteiger partial charge in [0.25, 0.3) is 0 Å². The Balaban J connectivity index is 1.82. The van der Waals surface area contributed by atoms with Crippen molar-refractivity contribution in [3.63, 3.8) is 0 Å². The highest BCUT2D eigenvalue weighted by molar-refractivity contribution is 5.66. The number of aromatic hydroxyl groups is 1. The summed E-state index contributed by atoms with van der Waals surface area (Å²) in [5.41, 5.74) is -0.954. The lowest BCUT2D eigenvalue weighted by molar-refractivity contribution is -0.137. The molecule has 25 heavy (non-hydrogen) atoms. The predicted molar refractivity (Wildman–Crippen MR) is 83.9 cm³/mol. The number of aliphatic hydroxyl groups is 1. The van der Waals surface area contributed by atoms with Crippen LogP contribution in [0.1, 0.15) is 30.9 Å². The van der Waals surface area contributed by atoms with Gasteiger partial charge in [-0.25, -0.2) is 4.98 Å². The Morgan fingerprint density at radius 2 is 1.88 bits per heavy atom. The van der Waals surface area contributed by atoms with Crippen LogP contribution in [0.15, 0.2) is 18.3 Å². The van der Waals surface area contributed by atoms with Crippen LogP contribution in [0, 0.1) is 6.92 Å². The van der Waals surface area contributed by atoms with Crippen LogP contribution in [-0.2, 0) is 6.18 Å². The first-order chi connectivity index (χ1) is 11.5. The minimum absolute atomic E-state index is 0.0591. The molecule has 1 fully saturated rings. The Morgan fingerprint density at radius 3 is 2.40 bits per heavy atom.